The lowest BCUT2D eigenvalue weighted by atomic mass is 10.2. The zero-order chi connectivity index (χ0) is 13.5. The van der Waals surface area contributed by atoms with E-state index in [2.05, 4.69) is 34.8 Å². The van der Waals surface area contributed by atoms with Gasteiger partial charge in [-0.25, -0.2) is 0 Å². The lowest BCUT2D eigenvalue weighted by Gasteiger charge is -2.30. The number of nitrogens with zero attached hydrogens (tertiary/aromatic N) is 1. The number of hydrogen-bond acceptors (Lipinski definition) is 4. The summed E-state index contributed by atoms with van der Waals surface area (Å²) < 4.78 is 5.61. The molecule has 4 nitrogen and oxygen atoms in total. The van der Waals surface area contributed by atoms with Crippen molar-refractivity contribution in [3.8, 4) is 0 Å². The topological polar surface area (TPSA) is 41.6 Å². The molecule has 0 aromatic carbocycles. The molecule has 0 radical (unpaired) electrons. The number of aryl methyl sites for hydroxylation is 1. The second-order valence-corrected chi connectivity index (χ2v) is 6.02. The van der Waals surface area contributed by atoms with Gasteiger partial charge in [0.15, 0.2) is 0 Å². The van der Waals surface area contributed by atoms with Crippen LogP contribution in [-0.4, -0.2) is 50.2 Å². The third-order valence-corrected chi connectivity index (χ3v) is 4.21. The van der Waals surface area contributed by atoms with Crippen molar-refractivity contribution >= 4 is 17.2 Å². The highest BCUT2D eigenvalue weighted by Gasteiger charge is 2.17. The van der Waals surface area contributed by atoms with Gasteiger partial charge in [0.1, 0.15) is 0 Å². The van der Waals surface area contributed by atoms with Crippen LogP contribution in [0.25, 0.3) is 0 Å². The minimum atomic E-state index is 0.133. The number of likely N-dealkylation sites (N-methyl/N-ethyl adjacent to an activating group) is 1. The maximum Gasteiger partial charge on any atom is 0.220 e. The van der Waals surface area contributed by atoms with Crippen molar-refractivity contribution in [3.63, 3.8) is 0 Å². The van der Waals surface area contributed by atoms with Crippen LogP contribution in [0.5, 0.6) is 0 Å². The summed E-state index contributed by atoms with van der Waals surface area (Å²) >= 11 is 1.75. The highest BCUT2D eigenvalue weighted by molar-refractivity contribution is 7.09. The summed E-state index contributed by atoms with van der Waals surface area (Å²) in [5.41, 5.74) is 0. The standard InChI is InChI=1S/C14H22N2O2S/c1-16-7-8-18-12(11-16)10-15-14(17)6-2-4-13-5-3-9-19-13/h3,5,9,12H,2,4,6-8,10-11H2,1H3,(H,15,17)/t12-/m1/s1. The van der Waals surface area contributed by atoms with E-state index < -0.39 is 0 Å². The van der Waals surface area contributed by atoms with E-state index in [0.29, 0.717) is 13.0 Å². The van der Waals surface area contributed by atoms with E-state index in [1.807, 2.05) is 0 Å². The molecule has 0 spiro atoms. The Bertz CT molecular complexity index is 381. The zero-order valence-corrected chi connectivity index (χ0v) is 12.2. The Morgan fingerprint density at radius 2 is 2.53 bits per heavy atom. The van der Waals surface area contributed by atoms with Crippen molar-refractivity contribution in [1.82, 2.24) is 10.2 Å². The van der Waals surface area contributed by atoms with Crippen LogP contribution >= 0.6 is 11.3 Å². The Morgan fingerprint density at radius 3 is 3.26 bits per heavy atom. The summed E-state index contributed by atoms with van der Waals surface area (Å²) in [6, 6.07) is 4.17. The van der Waals surface area contributed by atoms with Crippen LogP contribution in [0.1, 0.15) is 17.7 Å². The average Bonchev–Trinajstić information content (AvgIpc) is 2.90. The molecule has 1 amide bonds. The van der Waals surface area contributed by atoms with Crippen molar-refractivity contribution < 1.29 is 9.53 Å². The third kappa shape index (κ3) is 5.30. The number of ether oxygens (including phenoxy) is 1. The van der Waals surface area contributed by atoms with Gasteiger partial charge in [-0.15, -0.1) is 11.3 Å². The number of thiophene rings is 1. The Morgan fingerprint density at radius 1 is 1.63 bits per heavy atom. The maximum atomic E-state index is 11.7. The fourth-order valence-electron chi connectivity index (χ4n) is 2.18. The second kappa shape index (κ2) is 7.62. The van der Waals surface area contributed by atoms with Crippen LogP contribution in [-0.2, 0) is 16.0 Å². The summed E-state index contributed by atoms with van der Waals surface area (Å²) in [4.78, 5) is 15.3. The first-order valence-corrected chi connectivity index (χ1v) is 7.71. The van der Waals surface area contributed by atoms with Gasteiger partial charge in [-0.2, -0.15) is 0 Å². The Kier molecular flexibility index (Phi) is 5.82. The van der Waals surface area contributed by atoms with Gasteiger partial charge < -0.3 is 15.0 Å². The SMILES string of the molecule is CN1CCO[C@H](CNC(=O)CCCc2cccs2)C1. The van der Waals surface area contributed by atoms with E-state index >= 15 is 0 Å². The van der Waals surface area contributed by atoms with Gasteiger partial charge in [0.25, 0.3) is 0 Å². The van der Waals surface area contributed by atoms with Crippen molar-refractivity contribution in [2.45, 2.75) is 25.4 Å². The van der Waals surface area contributed by atoms with Crippen LogP contribution in [0.3, 0.4) is 0 Å². The number of carbonyl (C=O) groups excluding carboxylic acids is 1. The quantitative estimate of drug-likeness (QED) is 0.860. The monoisotopic (exact) mass is 282 g/mol. The van der Waals surface area contributed by atoms with Gasteiger partial charge in [-0.05, 0) is 31.3 Å². The average molecular weight is 282 g/mol. The summed E-state index contributed by atoms with van der Waals surface area (Å²) in [5, 5.41) is 5.04. The molecule has 0 aliphatic carbocycles. The first kappa shape index (κ1) is 14.5. The van der Waals surface area contributed by atoms with E-state index in [9.17, 15) is 4.79 Å². The molecule has 2 rings (SSSR count). The van der Waals surface area contributed by atoms with Crippen molar-refractivity contribution in [1.29, 1.82) is 0 Å². The fraction of sp³-hybridized carbons (Fsp3) is 0.643. The summed E-state index contributed by atoms with van der Waals surface area (Å²) in [7, 11) is 2.08. The normalized spacial score (nSPS) is 20.4. The van der Waals surface area contributed by atoms with Gasteiger partial charge in [0.2, 0.25) is 5.91 Å². The molecule has 1 aliphatic heterocycles. The molecular weight excluding hydrogens is 260 g/mol. The first-order valence-electron chi connectivity index (χ1n) is 6.83. The number of carbonyl (C=O) groups is 1. The minimum Gasteiger partial charge on any atom is -0.374 e. The number of rotatable bonds is 6. The van der Waals surface area contributed by atoms with Gasteiger partial charge in [-0.1, -0.05) is 6.07 Å². The van der Waals surface area contributed by atoms with Gasteiger partial charge in [-0.3, -0.25) is 4.79 Å². The van der Waals surface area contributed by atoms with E-state index in [4.69, 9.17) is 4.74 Å². The van der Waals surface area contributed by atoms with Gasteiger partial charge in [0.05, 0.1) is 12.7 Å². The highest BCUT2D eigenvalue weighted by Crippen LogP contribution is 2.11. The fourth-order valence-corrected chi connectivity index (χ4v) is 2.94. The highest BCUT2D eigenvalue weighted by atomic mass is 32.1. The van der Waals surface area contributed by atoms with Crippen LogP contribution in [0.4, 0.5) is 0 Å². The molecule has 1 aliphatic rings. The summed E-state index contributed by atoms with van der Waals surface area (Å²) in [5.74, 6) is 0.133. The predicted molar refractivity (Wildman–Crippen MR) is 77.5 cm³/mol. The maximum absolute atomic E-state index is 11.7. The Hall–Kier alpha value is -0.910. The summed E-state index contributed by atoms with van der Waals surface area (Å²) in [6.45, 7) is 3.26. The molecule has 1 aromatic heterocycles. The van der Waals surface area contributed by atoms with Gasteiger partial charge in [0, 0.05) is 30.9 Å². The third-order valence-electron chi connectivity index (χ3n) is 3.28. The molecule has 1 fully saturated rings. The minimum absolute atomic E-state index is 0.133. The molecular formula is C14H22N2O2S. The Labute approximate surface area is 118 Å². The molecule has 0 unspecified atom stereocenters. The number of nitrogens with one attached hydrogen (secondary N) is 1. The molecule has 19 heavy (non-hydrogen) atoms. The van der Waals surface area contributed by atoms with Crippen molar-refractivity contribution in [3.05, 3.63) is 22.4 Å². The molecule has 1 atom stereocenters. The van der Waals surface area contributed by atoms with Crippen LogP contribution < -0.4 is 5.32 Å². The van der Waals surface area contributed by atoms with Crippen molar-refractivity contribution in [2.75, 3.05) is 33.3 Å². The van der Waals surface area contributed by atoms with E-state index in [0.717, 1.165) is 32.5 Å². The van der Waals surface area contributed by atoms with Crippen LogP contribution in [0.2, 0.25) is 0 Å². The Balaban J connectivity index is 1.56. The number of amides is 1. The van der Waals surface area contributed by atoms with Crippen molar-refractivity contribution in [2.24, 2.45) is 0 Å². The zero-order valence-electron chi connectivity index (χ0n) is 11.4. The van der Waals surface area contributed by atoms with Gasteiger partial charge >= 0.3 is 0 Å². The van der Waals surface area contributed by atoms with E-state index in [1.165, 1.54) is 4.88 Å². The van der Waals surface area contributed by atoms with Crippen LogP contribution in [0.15, 0.2) is 17.5 Å². The van der Waals surface area contributed by atoms with E-state index in [-0.39, 0.29) is 12.0 Å². The summed E-state index contributed by atoms with van der Waals surface area (Å²) in [6.07, 6.45) is 2.64. The number of hydrogen-bond donors (Lipinski definition) is 1. The molecule has 0 saturated carbocycles. The smallest absolute Gasteiger partial charge is 0.220 e. The lowest BCUT2D eigenvalue weighted by Crippen LogP contribution is -2.45. The number of morpholine rings is 1. The molecule has 0 bridgehead atoms. The first-order chi connectivity index (χ1) is 9.24. The molecule has 2 heterocycles. The van der Waals surface area contributed by atoms with E-state index in [1.54, 1.807) is 11.3 Å². The largest absolute Gasteiger partial charge is 0.374 e. The molecule has 5 heteroatoms. The molecule has 1 saturated heterocycles. The predicted octanol–water partition coefficient (Wildman–Crippen LogP) is 1.52. The van der Waals surface area contributed by atoms with Crippen LogP contribution in [0, 0.1) is 0 Å². The second-order valence-electron chi connectivity index (χ2n) is 4.99. The molecule has 1 N–H and O–H groups in total. The lowest BCUT2D eigenvalue weighted by molar-refractivity contribution is -0.122. The molecule has 106 valence electrons. The molecule has 1 aromatic rings.